The van der Waals surface area contributed by atoms with E-state index in [2.05, 4.69) is 10.2 Å². The average molecular weight is 387 g/mol. The first kappa shape index (κ1) is 16.2. The quantitative estimate of drug-likeness (QED) is 0.782. The predicted molar refractivity (Wildman–Crippen MR) is 83.8 cm³/mol. The first-order chi connectivity index (χ1) is 10.7. The molecule has 0 aliphatic carbocycles. The molecule has 1 aromatic carbocycles. The van der Waals surface area contributed by atoms with Crippen LogP contribution in [0, 0.1) is 0 Å². The van der Waals surface area contributed by atoms with Gasteiger partial charge in [0.05, 0.1) is 0 Å². The van der Waals surface area contributed by atoms with Crippen molar-refractivity contribution in [3.8, 4) is 0 Å². The third-order valence-corrected chi connectivity index (χ3v) is 9.34. The molecular formula is C14H19ClGeN2O4. The van der Waals surface area contributed by atoms with Crippen LogP contribution in [0.4, 0.5) is 0 Å². The molecule has 0 radical (unpaired) electrons. The number of benzene rings is 1. The molecule has 0 saturated carbocycles. The number of hydrogen-bond donors (Lipinski definition) is 1. The van der Waals surface area contributed by atoms with Crippen molar-refractivity contribution >= 4 is 31.8 Å². The van der Waals surface area contributed by atoms with Crippen LogP contribution < -0.4 is 5.32 Å². The second kappa shape index (κ2) is 7.29. The minimum atomic E-state index is -3.39. The van der Waals surface area contributed by atoms with Gasteiger partial charge in [0.1, 0.15) is 0 Å². The third kappa shape index (κ3) is 4.01. The van der Waals surface area contributed by atoms with Gasteiger partial charge in [-0.05, 0) is 0 Å². The van der Waals surface area contributed by atoms with Crippen molar-refractivity contribution in [3.05, 3.63) is 34.9 Å². The summed E-state index contributed by atoms with van der Waals surface area (Å²) in [6.07, 6.45) is 0. The van der Waals surface area contributed by atoms with E-state index in [0.717, 1.165) is 19.6 Å². The zero-order valence-corrected chi connectivity index (χ0v) is 15.1. The van der Waals surface area contributed by atoms with Crippen LogP contribution in [0.3, 0.4) is 0 Å². The number of fused-ring (bicyclic) bond motifs is 6. The molecule has 3 aliphatic heterocycles. The van der Waals surface area contributed by atoms with Crippen molar-refractivity contribution in [2.45, 2.75) is 0 Å². The topological polar surface area (TPSA) is 60.0 Å². The molecular weight excluding hydrogens is 368 g/mol. The van der Waals surface area contributed by atoms with E-state index in [4.69, 9.17) is 22.9 Å². The standard InChI is InChI=1S/C14H19ClGeN2O4/c15-13-3-1-12(2-4-13)14(19)17-11-16-20-8-5-18(6-9-21-16)7-10-22-16/h1-4H,5-11H2,(H,17,19). The zero-order chi connectivity index (χ0) is 15.4. The van der Waals surface area contributed by atoms with E-state index in [1.165, 1.54) is 0 Å². The second-order valence-corrected chi connectivity index (χ2v) is 11.1. The fourth-order valence-corrected chi connectivity index (χ4v) is 7.11. The zero-order valence-electron chi connectivity index (χ0n) is 12.2. The maximum absolute atomic E-state index is 12.2. The molecule has 3 fully saturated rings. The number of carbonyl (C=O) groups excluding carboxylic acids is 1. The monoisotopic (exact) mass is 388 g/mol. The van der Waals surface area contributed by atoms with E-state index in [1.54, 1.807) is 24.3 Å². The van der Waals surface area contributed by atoms with Gasteiger partial charge in [-0.3, -0.25) is 0 Å². The second-order valence-electron chi connectivity index (χ2n) is 5.26. The molecule has 0 spiro atoms. The minimum absolute atomic E-state index is 0.168. The number of carbonyl (C=O) groups is 1. The summed E-state index contributed by atoms with van der Waals surface area (Å²) in [4.78, 5) is 14.5. The Balaban J connectivity index is 1.63. The molecule has 4 rings (SSSR count). The molecule has 2 bridgehead atoms. The number of hydrogen-bond acceptors (Lipinski definition) is 5. The number of nitrogens with one attached hydrogen (secondary N) is 1. The average Bonchev–Trinajstić information content (AvgIpc) is 2.45. The molecule has 1 amide bonds. The van der Waals surface area contributed by atoms with Crippen LogP contribution in [-0.4, -0.2) is 69.9 Å². The summed E-state index contributed by atoms with van der Waals surface area (Å²) in [6.45, 7) is 4.46. The van der Waals surface area contributed by atoms with Crippen molar-refractivity contribution in [1.29, 1.82) is 0 Å². The Morgan fingerprint density at radius 3 is 2.18 bits per heavy atom. The Kier molecular flexibility index (Phi) is 5.38. The summed E-state index contributed by atoms with van der Waals surface area (Å²) in [7, 11) is 0. The fraction of sp³-hybridized carbons (Fsp3) is 0.500. The normalized spacial score (nSPS) is 28.5. The number of halogens is 1. The van der Waals surface area contributed by atoms with Gasteiger partial charge in [-0.25, -0.2) is 0 Å². The van der Waals surface area contributed by atoms with Crippen LogP contribution in [0.2, 0.25) is 5.02 Å². The van der Waals surface area contributed by atoms with Crippen molar-refractivity contribution in [1.82, 2.24) is 10.2 Å². The molecule has 0 aromatic heterocycles. The van der Waals surface area contributed by atoms with Crippen molar-refractivity contribution < 1.29 is 16.1 Å². The van der Waals surface area contributed by atoms with E-state index in [1.807, 2.05) is 0 Å². The summed E-state index contributed by atoms with van der Waals surface area (Å²) in [6, 6.07) is 6.78. The molecule has 3 saturated heterocycles. The van der Waals surface area contributed by atoms with Gasteiger partial charge in [0, 0.05) is 0 Å². The SMILES string of the molecule is O=C(N[CH2][Ge]12[O]CCN(CC[O]1)CC[O]2)c1ccc(Cl)cc1. The summed E-state index contributed by atoms with van der Waals surface area (Å²) in [5, 5.41) is 3.83. The number of rotatable bonds is 3. The Bertz CT molecular complexity index is 502. The molecule has 1 N–H and O–H groups in total. The van der Waals surface area contributed by atoms with Gasteiger partial charge in [0.2, 0.25) is 0 Å². The summed E-state index contributed by atoms with van der Waals surface area (Å²) in [5.74, 6) is -0.168. The molecule has 0 unspecified atom stereocenters. The Morgan fingerprint density at radius 1 is 1.09 bits per heavy atom. The van der Waals surface area contributed by atoms with Crippen LogP contribution in [0.5, 0.6) is 0 Å². The van der Waals surface area contributed by atoms with E-state index < -0.39 is 14.3 Å². The van der Waals surface area contributed by atoms with E-state index in [9.17, 15) is 4.79 Å². The van der Waals surface area contributed by atoms with Gasteiger partial charge >= 0.3 is 138 Å². The first-order valence-corrected chi connectivity index (χ1v) is 11.8. The molecule has 120 valence electrons. The summed E-state index contributed by atoms with van der Waals surface area (Å²) < 4.78 is 17.7. The van der Waals surface area contributed by atoms with Crippen molar-refractivity contribution in [2.24, 2.45) is 0 Å². The van der Waals surface area contributed by atoms with Crippen LogP contribution in [0.15, 0.2) is 24.3 Å². The molecule has 3 aliphatic rings. The van der Waals surface area contributed by atoms with Crippen LogP contribution >= 0.6 is 11.6 Å². The van der Waals surface area contributed by atoms with Gasteiger partial charge in [-0.1, -0.05) is 0 Å². The van der Waals surface area contributed by atoms with Crippen LogP contribution in [-0.2, 0) is 11.3 Å². The summed E-state index contributed by atoms with van der Waals surface area (Å²) in [5.41, 5.74) is 0.561. The van der Waals surface area contributed by atoms with Gasteiger partial charge in [-0.2, -0.15) is 0 Å². The summed E-state index contributed by atoms with van der Waals surface area (Å²) >= 11 is 2.44. The third-order valence-electron chi connectivity index (χ3n) is 3.76. The Labute approximate surface area is 138 Å². The fourth-order valence-electron chi connectivity index (χ4n) is 2.50. The number of amides is 1. The van der Waals surface area contributed by atoms with E-state index in [0.29, 0.717) is 35.8 Å². The molecule has 6 nitrogen and oxygen atoms in total. The van der Waals surface area contributed by atoms with Gasteiger partial charge in [0.25, 0.3) is 0 Å². The molecule has 8 heteroatoms. The van der Waals surface area contributed by atoms with Crippen molar-refractivity contribution in [3.63, 3.8) is 0 Å². The van der Waals surface area contributed by atoms with Gasteiger partial charge in [-0.15, -0.1) is 0 Å². The van der Waals surface area contributed by atoms with Gasteiger partial charge in [0.15, 0.2) is 0 Å². The van der Waals surface area contributed by atoms with Crippen LogP contribution in [0.25, 0.3) is 0 Å². The molecule has 3 heterocycles. The Morgan fingerprint density at radius 2 is 1.64 bits per heavy atom. The maximum atomic E-state index is 12.2. The molecule has 1 aromatic rings. The van der Waals surface area contributed by atoms with Gasteiger partial charge < -0.3 is 0 Å². The van der Waals surface area contributed by atoms with E-state index in [-0.39, 0.29) is 5.91 Å². The predicted octanol–water partition coefficient (Wildman–Crippen LogP) is 0.927. The molecule has 0 atom stereocenters. The van der Waals surface area contributed by atoms with Crippen LogP contribution in [0.1, 0.15) is 10.4 Å². The van der Waals surface area contributed by atoms with E-state index >= 15 is 0 Å². The van der Waals surface area contributed by atoms with Crippen molar-refractivity contribution in [2.75, 3.05) is 44.8 Å². The molecule has 22 heavy (non-hydrogen) atoms. The number of nitrogens with zero attached hydrogens (tertiary/aromatic N) is 1. The Hall–Kier alpha value is -0.637. The first-order valence-electron chi connectivity index (χ1n) is 7.35.